The Bertz CT molecular complexity index is 944. The van der Waals surface area contributed by atoms with E-state index in [0.29, 0.717) is 23.7 Å². The van der Waals surface area contributed by atoms with Gasteiger partial charge in [0.1, 0.15) is 28.3 Å². The summed E-state index contributed by atoms with van der Waals surface area (Å²) in [6.45, 7) is 2.54. The largest absolute Gasteiger partial charge is 0.494 e. The van der Waals surface area contributed by atoms with Crippen LogP contribution in [0.2, 0.25) is 0 Å². The van der Waals surface area contributed by atoms with E-state index >= 15 is 0 Å². The van der Waals surface area contributed by atoms with Gasteiger partial charge in [0.15, 0.2) is 6.61 Å². The Labute approximate surface area is 161 Å². The molecular weight excluding hydrogens is 362 g/mol. The molecule has 0 bridgehead atoms. The molecule has 7 heteroatoms. The number of anilines is 1. The Hall–Kier alpha value is -3.37. The van der Waals surface area contributed by atoms with Crippen LogP contribution in [0.5, 0.6) is 11.5 Å². The number of carbonyl (C=O) groups excluding carboxylic acids is 1. The number of rotatable bonds is 7. The highest BCUT2D eigenvalue weighted by Crippen LogP contribution is 2.26. The van der Waals surface area contributed by atoms with Crippen molar-refractivity contribution >= 4 is 22.9 Å². The fraction of sp³-hybridized carbons (Fsp3) is 0.150. The molecular formula is C20H17N3O3S. The lowest BCUT2D eigenvalue weighted by Gasteiger charge is -2.05. The molecule has 0 unspecified atom stereocenters. The van der Waals surface area contributed by atoms with Crippen LogP contribution in [0, 0.1) is 11.3 Å². The maximum Gasteiger partial charge on any atom is 0.275 e. The highest BCUT2D eigenvalue weighted by Gasteiger charge is 2.12. The van der Waals surface area contributed by atoms with Crippen LogP contribution in [0.25, 0.3) is 10.6 Å². The fourth-order valence-corrected chi connectivity index (χ4v) is 3.12. The summed E-state index contributed by atoms with van der Waals surface area (Å²) in [7, 11) is 0. The average Bonchev–Trinajstić information content (AvgIpc) is 3.19. The number of hydrogen-bond acceptors (Lipinski definition) is 6. The summed E-state index contributed by atoms with van der Waals surface area (Å²) in [6, 6.07) is 16.3. The zero-order valence-corrected chi connectivity index (χ0v) is 15.5. The van der Waals surface area contributed by atoms with Gasteiger partial charge in [0.05, 0.1) is 6.61 Å². The first kappa shape index (κ1) is 18.4. The van der Waals surface area contributed by atoms with Crippen LogP contribution in [0.1, 0.15) is 17.4 Å². The average molecular weight is 379 g/mol. The smallest absolute Gasteiger partial charge is 0.275 e. The molecule has 27 heavy (non-hydrogen) atoms. The monoisotopic (exact) mass is 379 g/mol. The number of nitriles is 1. The van der Waals surface area contributed by atoms with Crippen molar-refractivity contribution in [1.29, 1.82) is 5.26 Å². The predicted molar refractivity (Wildman–Crippen MR) is 104 cm³/mol. The summed E-state index contributed by atoms with van der Waals surface area (Å²) in [4.78, 5) is 16.8. The van der Waals surface area contributed by atoms with Crippen molar-refractivity contribution in [2.24, 2.45) is 0 Å². The van der Waals surface area contributed by atoms with Crippen LogP contribution in [0.4, 0.5) is 5.69 Å². The van der Waals surface area contributed by atoms with Gasteiger partial charge in [-0.3, -0.25) is 4.79 Å². The van der Waals surface area contributed by atoms with Gasteiger partial charge in [-0.05, 0) is 55.5 Å². The third-order valence-electron chi connectivity index (χ3n) is 3.56. The molecule has 6 nitrogen and oxygen atoms in total. The van der Waals surface area contributed by atoms with Gasteiger partial charge in [0.2, 0.25) is 0 Å². The molecule has 3 aromatic rings. The van der Waals surface area contributed by atoms with Gasteiger partial charge in [0, 0.05) is 16.6 Å². The lowest BCUT2D eigenvalue weighted by molar-refractivity contribution is 0.102. The van der Waals surface area contributed by atoms with Crippen molar-refractivity contribution in [3.8, 4) is 28.1 Å². The van der Waals surface area contributed by atoms with Gasteiger partial charge in [-0.25, -0.2) is 4.98 Å². The van der Waals surface area contributed by atoms with Gasteiger partial charge >= 0.3 is 0 Å². The molecule has 0 aliphatic carbocycles. The van der Waals surface area contributed by atoms with Crippen LogP contribution in [0.3, 0.4) is 0 Å². The second-order valence-corrected chi connectivity index (χ2v) is 6.28. The van der Waals surface area contributed by atoms with Crippen LogP contribution < -0.4 is 14.8 Å². The SMILES string of the molecule is CCOc1ccc(-c2nc(C(=O)Nc3ccc(OCC#N)cc3)cs2)cc1. The number of hydrogen-bond donors (Lipinski definition) is 1. The van der Waals surface area contributed by atoms with E-state index in [2.05, 4.69) is 10.3 Å². The standard InChI is InChI=1S/C20H17N3O3S/c1-2-25-16-7-3-14(4-8-16)20-23-18(13-27-20)19(24)22-15-5-9-17(10-6-15)26-12-11-21/h3-10,13H,2,12H2,1H3,(H,22,24). The van der Waals surface area contributed by atoms with E-state index in [1.54, 1.807) is 29.6 Å². The third-order valence-corrected chi connectivity index (χ3v) is 4.46. The summed E-state index contributed by atoms with van der Waals surface area (Å²) in [5, 5.41) is 13.8. The molecule has 0 fully saturated rings. The molecule has 1 N–H and O–H groups in total. The van der Waals surface area contributed by atoms with Gasteiger partial charge < -0.3 is 14.8 Å². The summed E-state index contributed by atoms with van der Waals surface area (Å²) in [6.07, 6.45) is 0. The Morgan fingerprint density at radius 1 is 1.11 bits per heavy atom. The van der Waals surface area contributed by atoms with Gasteiger partial charge in [0.25, 0.3) is 5.91 Å². The highest BCUT2D eigenvalue weighted by atomic mass is 32.1. The first-order valence-corrected chi connectivity index (χ1v) is 9.17. The lowest BCUT2D eigenvalue weighted by Crippen LogP contribution is -2.12. The minimum atomic E-state index is -0.283. The number of nitrogens with one attached hydrogen (secondary N) is 1. The van der Waals surface area contributed by atoms with Crippen molar-refractivity contribution < 1.29 is 14.3 Å². The first-order valence-electron chi connectivity index (χ1n) is 8.29. The Kier molecular flexibility index (Phi) is 6.02. The van der Waals surface area contributed by atoms with E-state index in [-0.39, 0.29) is 12.5 Å². The Morgan fingerprint density at radius 2 is 1.78 bits per heavy atom. The lowest BCUT2D eigenvalue weighted by atomic mass is 10.2. The molecule has 0 saturated heterocycles. The molecule has 3 rings (SSSR count). The molecule has 0 atom stereocenters. The number of aromatic nitrogens is 1. The summed E-state index contributed by atoms with van der Waals surface area (Å²) in [5.41, 5.74) is 1.91. The van der Waals surface area contributed by atoms with E-state index in [0.717, 1.165) is 16.3 Å². The van der Waals surface area contributed by atoms with Gasteiger partial charge in [-0.15, -0.1) is 11.3 Å². The number of carbonyl (C=O) groups is 1. The number of ether oxygens (including phenoxy) is 2. The molecule has 1 aromatic heterocycles. The van der Waals surface area contributed by atoms with Crippen LogP contribution in [-0.2, 0) is 0 Å². The molecule has 136 valence electrons. The van der Waals surface area contributed by atoms with Gasteiger partial charge in [-0.2, -0.15) is 5.26 Å². The molecule has 0 saturated carbocycles. The molecule has 0 radical (unpaired) electrons. The maximum atomic E-state index is 12.4. The second kappa shape index (κ2) is 8.83. The molecule has 0 aliphatic heterocycles. The zero-order valence-electron chi connectivity index (χ0n) is 14.6. The van der Waals surface area contributed by atoms with Crippen molar-refractivity contribution in [2.45, 2.75) is 6.92 Å². The first-order chi connectivity index (χ1) is 13.2. The molecule has 1 amide bonds. The van der Waals surface area contributed by atoms with Crippen LogP contribution >= 0.6 is 11.3 Å². The predicted octanol–water partition coefficient (Wildman–Crippen LogP) is 4.36. The third kappa shape index (κ3) is 4.84. The van der Waals surface area contributed by atoms with E-state index in [4.69, 9.17) is 14.7 Å². The van der Waals surface area contributed by atoms with E-state index in [1.807, 2.05) is 37.3 Å². The van der Waals surface area contributed by atoms with Gasteiger partial charge in [-0.1, -0.05) is 0 Å². The van der Waals surface area contributed by atoms with Crippen molar-refractivity contribution in [1.82, 2.24) is 4.98 Å². The molecule has 0 spiro atoms. The minimum absolute atomic E-state index is 0.0150. The van der Waals surface area contributed by atoms with E-state index < -0.39 is 0 Å². The molecule has 1 heterocycles. The van der Waals surface area contributed by atoms with Crippen molar-refractivity contribution in [3.63, 3.8) is 0 Å². The van der Waals surface area contributed by atoms with Crippen molar-refractivity contribution in [2.75, 3.05) is 18.5 Å². The number of amides is 1. The summed E-state index contributed by atoms with van der Waals surface area (Å²) in [5.74, 6) is 1.09. The topological polar surface area (TPSA) is 84.2 Å². The van der Waals surface area contributed by atoms with Crippen LogP contribution in [-0.4, -0.2) is 24.1 Å². The number of benzene rings is 2. The molecule has 2 aromatic carbocycles. The van der Waals surface area contributed by atoms with Crippen LogP contribution in [0.15, 0.2) is 53.9 Å². The fourth-order valence-electron chi connectivity index (χ4n) is 2.32. The number of thiazole rings is 1. The molecule has 0 aliphatic rings. The minimum Gasteiger partial charge on any atom is -0.494 e. The quantitative estimate of drug-likeness (QED) is 0.659. The van der Waals surface area contributed by atoms with E-state index in [1.165, 1.54) is 11.3 Å². The maximum absolute atomic E-state index is 12.4. The normalized spacial score (nSPS) is 10.1. The second-order valence-electron chi connectivity index (χ2n) is 5.42. The Morgan fingerprint density at radius 3 is 2.44 bits per heavy atom. The Balaban J connectivity index is 1.65. The zero-order chi connectivity index (χ0) is 19.1. The highest BCUT2D eigenvalue weighted by molar-refractivity contribution is 7.13. The van der Waals surface area contributed by atoms with Crippen molar-refractivity contribution in [3.05, 3.63) is 59.6 Å². The summed E-state index contributed by atoms with van der Waals surface area (Å²) < 4.78 is 10.6. The number of nitrogens with zero attached hydrogens (tertiary/aromatic N) is 2. The summed E-state index contributed by atoms with van der Waals surface area (Å²) >= 11 is 1.41. The van der Waals surface area contributed by atoms with E-state index in [9.17, 15) is 4.79 Å².